The van der Waals surface area contributed by atoms with Crippen LogP contribution in [0.15, 0.2) is 73.1 Å². The van der Waals surface area contributed by atoms with Crippen LogP contribution in [0.3, 0.4) is 0 Å². The van der Waals surface area contributed by atoms with Crippen molar-refractivity contribution in [3.63, 3.8) is 0 Å². The number of para-hydroxylation sites is 1. The first-order valence-electron chi connectivity index (χ1n) is 11.1. The minimum atomic E-state index is -0.238. The van der Waals surface area contributed by atoms with Crippen LogP contribution in [0, 0.1) is 6.92 Å². The van der Waals surface area contributed by atoms with Crippen molar-refractivity contribution in [2.45, 2.75) is 32.4 Å². The lowest BCUT2D eigenvalue weighted by molar-refractivity contribution is 0.0819. The van der Waals surface area contributed by atoms with E-state index < -0.39 is 0 Å². The maximum atomic E-state index is 13.3. The van der Waals surface area contributed by atoms with Crippen LogP contribution in [0.25, 0.3) is 0 Å². The third-order valence-corrected chi connectivity index (χ3v) is 5.60. The van der Waals surface area contributed by atoms with Gasteiger partial charge in [0.1, 0.15) is 0 Å². The molecule has 1 unspecified atom stereocenters. The first kappa shape index (κ1) is 22.5. The highest BCUT2D eigenvalue weighted by Crippen LogP contribution is 2.21. The average Bonchev–Trinajstić information content (AvgIpc) is 3.34. The number of nitrogens with one attached hydrogen (secondary N) is 2. The Bertz CT molecular complexity index is 1080. The minimum Gasteiger partial charge on any atom is -0.376 e. The van der Waals surface area contributed by atoms with Gasteiger partial charge in [-0.2, -0.15) is 0 Å². The summed E-state index contributed by atoms with van der Waals surface area (Å²) >= 11 is 0. The minimum absolute atomic E-state index is 0.0245. The number of rotatable bonds is 7. The van der Waals surface area contributed by atoms with Crippen molar-refractivity contribution < 1.29 is 14.3 Å². The number of aromatic nitrogens is 1. The average molecular weight is 445 g/mol. The van der Waals surface area contributed by atoms with E-state index in [1.165, 1.54) is 0 Å². The zero-order chi connectivity index (χ0) is 23.0. The lowest BCUT2D eigenvalue weighted by atomic mass is 10.1. The largest absolute Gasteiger partial charge is 0.376 e. The van der Waals surface area contributed by atoms with E-state index in [2.05, 4.69) is 15.6 Å². The van der Waals surface area contributed by atoms with E-state index in [1.54, 1.807) is 29.4 Å². The Morgan fingerprint density at radius 3 is 2.67 bits per heavy atom. The molecule has 3 aromatic rings. The van der Waals surface area contributed by atoms with E-state index in [1.807, 2.05) is 55.5 Å². The number of hydrogen-bond donors (Lipinski definition) is 2. The van der Waals surface area contributed by atoms with Gasteiger partial charge in [-0.3, -0.25) is 9.78 Å². The Morgan fingerprint density at radius 2 is 1.94 bits per heavy atom. The van der Waals surface area contributed by atoms with Gasteiger partial charge in [0.05, 0.1) is 6.10 Å². The normalized spacial score (nSPS) is 15.1. The van der Waals surface area contributed by atoms with E-state index in [0.717, 1.165) is 30.6 Å². The Labute approximate surface area is 193 Å². The second-order valence-corrected chi connectivity index (χ2v) is 8.16. The number of carbonyl (C=O) groups is 2. The molecule has 2 N–H and O–H groups in total. The molecular weight excluding hydrogens is 416 g/mol. The zero-order valence-electron chi connectivity index (χ0n) is 18.7. The van der Waals surface area contributed by atoms with E-state index in [-0.39, 0.29) is 18.0 Å². The molecule has 0 saturated carbocycles. The number of aryl methyl sites for hydroxylation is 1. The van der Waals surface area contributed by atoms with Gasteiger partial charge in [-0.15, -0.1) is 0 Å². The predicted molar refractivity (Wildman–Crippen MR) is 128 cm³/mol. The number of hydrogen-bond acceptors (Lipinski definition) is 4. The molecule has 3 amide bonds. The number of anilines is 2. The molecule has 1 atom stereocenters. The summed E-state index contributed by atoms with van der Waals surface area (Å²) in [6.45, 7) is 3.55. The fourth-order valence-electron chi connectivity index (χ4n) is 3.78. The third kappa shape index (κ3) is 6.17. The summed E-state index contributed by atoms with van der Waals surface area (Å²) in [4.78, 5) is 31.9. The topological polar surface area (TPSA) is 83.6 Å². The van der Waals surface area contributed by atoms with Gasteiger partial charge in [0.25, 0.3) is 5.91 Å². The molecule has 2 aromatic carbocycles. The van der Waals surface area contributed by atoms with Gasteiger partial charge in [0.15, 0.2) is 0 Å². The number of carbonyl (C=O) groups excluding carboxylic acids is 2. The molecule has 4 rings (SSSR count). The number of urea groups is 1. The molecule has 170 valence electrons. The Hall–Kier alpha value is -3.71. The van der Waals surface area contributed by atoms with Crippen LogP contribution in [0.1, 0.15) is 34.3 Å². The number of benzene rings is 2. The molecule has 1 fully saturated rings. The molecule has 1 aliphatic rings. The monoisotopic (exact) mass is 444 g/mol. The van der Waals surface area contributed by atoms with Crippen molar-refractivity contribution in [1.82, 2.24) is 9.88 Å². The highest BCUT2D eigenvalue weighted by atomic mass is 16.5. The molecule has 1 aliphatic heterocycles. The van der Waals surface area contributed by atoms with Crippen LogP contribution in [-0.2, 0) is 11.3 Å². The number of pyridine rings is 1. The lowest BCUT2D eigenvalue weighted by Crippen LogP contribution is -2.39. The zero-order valence-corrected chi connectivity index (χ0v) is 18.7. The summed E-state index contributed by atoms with van der Waals surface area (Å²) in [5, 5.41) is 5.87. The Balaban J connectivity index is 1.49. The second kappa shape index (κ2) is 10.7. The molecule has 2 heterocycles. The van der Waals surface area contributed by atoms with Crippen molar-refractivity contribution in [2.75, 3.05) is 23.8 Å². The maximum absolute atomic E-state index is 13.3. The van der Waals surface area contributed by atoms with Crippen molar-refractivity contribution in [3.05, 3.63) is 89.7 Å². The van der Waals surface area contributed by atoms with Crippen LogP contribution < -0.4 is 10.6 Å². The molecule has 0 bridgehead atoms. The molecule has 1 aromatic heterocycles. The Kier molecular flexibility index (Phi) is 7.32. The quantitative estimate of drug-likeness (QED) is 0.545. The van der Waals surface area contributed by atoms with Crippen LogP contribution in [0.5, 0.6) is 0 Å². The molecule has 0 spiro atoms. The molecule has 0 aliphatic carbocycles. The van der Waals surface area contributed by atoms with Crippen LogP contribution >= 0.6 is 0 Å². The third-order valence-electron chi connectivity index (χ3n) is 5.60. The lowest BCUT2D eigenvalue weighted by Gasteiger charge is -2.26. The van der Waals surface area contributed by atoms with Crippen LogP contribution in [0.2, 0.25) is 0 Å². The summed E-state index contributed by atoms with van der Waals surface area (Å²) < 4.78 is 5.76. The van der Waals surface area contributed by atoms with Crippen molar-refractivity contribution in [3.8, 4) is 0 Å². The number of amides is 3. The van der Waals surface area contributed by atoms with Gasteiger partial charge in [-0.1, -0.05) is 30.3 Å². The highest BCUT2D eigenvalue weighted by Gasteiger charge is 2.23. The van der Waals surface area contributed by atoms with Gasteiger partial charge in [0, 0.05) is 49.0 Å². The smallest absolute Gasteiger partial charge is 0.322 e. The molecule has 1 saturated heterocycles. The van der Waals surface area contributed by atoms with Crippen molar-refractivity contribution >= 4 is 23.3 Å². The fourth-order valence-corrected chi connectivity index (χ4v) is 3.78. The van der Waals surface area contributed by atoms with Gasteiger partial charge < -0.3 is 20.3 Å². The number of nitrogens with zero attached hydrogens (tertiary/aromatic N) is 2. The summed E-state index contributed by atoms with van der Waals surface area (Å²) in [5.74, 6) is -0.233. The fraction of sp³-hybridized carbons (Fsp3) is 0.269. The summed E-state index contributed by atoms with van der Waals surface area (Å²) in [5.41, 5.74) is 3.60. The van der Waals surface area contributed by atoms with E-state index >= 15 is 0 Å². The van der Waals surface area contributed by atoms with E-state index in [4.69, 9.17) is 4.74 Å². The predicted octanol–water partition coefficient (Wildman–Crippen LogP) is 4.86. The molecule has 33 heavy (non-hydrogen) atoms. The van der Waals surface area contributed by atoms with Crippen molar-refractivity contribution in [1.29, 1.82) is 0 Å². The molecule has 7 heteroatoms. The maximum Gasteiger partial charge on any atom is 0.322 e. The van der Waals surface area contributed by atoms with Crippen molar-refractivity contribution in [2.24, 2.45) is 0 Å². The summed E-state index contributed by atoms with van der Waals surface area (Å²) in [6.07, 6.45) is 5.44. The van der Waals surface area contributed by atoms with Gasteiger partial charge >= 0.3 is 6.03 Å². The SMILES string of the molecule is Cc1ccc(C(=O)Nc2ccccc2)cc1NC(=O)N(Cc1cccnc1)CC1CCCO1. The summed E-state index contributed by atoms with van der Waals surface area (Å²) in [7, 11) is 0. The summed E-state index contributed by atoms with van der Waals surface area (Å²) in [6, 6.07) is 18.1. The van der Waals surface area contributed by atoms with Gasteiger partial charge in [0.2, 0.25) is 0 Å². The van der Waals surface area contributed by atoms with Gasteiger partial charge in [-0.05, 0) is 61.2 Å². The van der Waals surface area contributed by atoms with Crippen LogP contribution in [0.4, 0.5) is 16.2 Å². The second-order valence-electron chi connectivity index (χ2n) is 8.16. The van der Waals surface area contributed by atoms with E-state index in [9.17, 15) is 9.59 Å². The van der Waals surface area contributed by atoms with E-state index in [0.29, 0.717) is 30.0 Å². The number of ether oxygens (including phenoxy) is 1. The standard InChI is InChI=1S/C26H28N4O3/c1-19-11-12-21(25(31)28-22-8-3-2-4-9-22)15-24(19)29-26(32)30(18-23-10-6-14-33-23)17-20-7-5-13-27-16-20/h2-5,7-9,11-13,15-16,23H,6,10,14,17-18H2,1H3,(H,28,31)(H,29,32). The molecule has 0 radical (unpaired) electrons. The van der Waals surface area contributed by atoms with Crippen LogP contribution in [-0.4, -0.2) is 41.1 Å². The first-order valence-corrected chi connectivity index (χ1v) is 11.1. The molecular formula is C26H28N4O3. The Morgan fingerprint density at radius 1 is 1.09 bits per heavy atom. The van der Waals surface area contributed by atoms with Gasteiger partial charge in [-0.25, -0.2) is 4.79 Å². The first-order chi connectivity index (χ1) is 16.1. The highest BCUT2D eigenvalue weighted by molar-refractivity contribution is 6.05. The molecule has 7 nitrogen and oxygen atoms in total.